The van der Waals surface area contributed by atoms with Crippen LogP contribution in [0.1, 0.15) is 46.0 Å². The van der Waals surface area contributed by atoms with Crippen molar-refractivity contribution in [3.05, 3.63) is 0 Å². The van der Waals surface area contributed by atoms with Gasteiger partial charge in [0.1, 0.15) is 0 Å². The fraction of sp³-hybridized carbons (Fsp3) is 0.909. The third-order valence-corrected chi connectivity index (χ3v) is 2.03. The summed E-state index contributed by atoms with van der Waals surface area (Å²) < 4.78 is 0. The number of hydrogen-bond acceptors (Lipinski definition) is 2. The van der Waals surface area contributed by atoms with Crippen LogP contribution in [0.2, 0.25) is 0 Å². The molecule has 0 saturated carbocycles. The number of nitrogens with zero attached hydrogens (tertiary/aromatic N) is 1. The standard InChI is InChI=1S/C11H24N2O/c1-10(2)8-6-5-7-9-11(14)12-13(3)4/h10H,5-9H2,1-4H3,(H,12,14). The van der Waals surface area contributed by atoms with Gasteiger partial charge < -0.3 is 0 Å². The summed E-state index contributed by atoms with van der Waals surface area (Å²) in [5, 5.41) is 1.69. The van der Waals surface area contributed by atoms with E-state index in [0.717, 1.165) is 12.3 Å². The molecule has 3 heteroatoms. The molecule has 0 fully saturated rings. The molecule has 0 aliphatic rings. The van der Waals surface area contributed by atoms with Crippen molar-refractivity contribution in [2.75, 3.05) is 14.1 Å². The van der Waals surface area contributed by atoms with Crippen molar-refractivity contribution in [1.82, 2.24) is 10.4 Å². The van der Waals surface area contributed by atoms with Gasteiger partial charge in [0.2, 0.25) is 5.91 Å². The number of amides is 1. The molecule has 0 aliphatic carbocycles. The molecule has 0 radical (unpaired) electrons. The minimum Gasteiger partial charge on any atom is -0.289 e. The molecule has 0 unspecified atom stereocenters. The van der Waals surface area contributed by atoms with Gasteiger partial charge in [0.15, 0.2) is 0 Å². The van der Waals surface area contributed by atoms with Crippen LogP contribution in [0.4, 0.5) is 0 Å². The van der Waals surface area contributed by atoms with Crippen LogP contribution < -0.4 is 5.43 Å². The maximum atomic E-state index is 11.2. The van der Waals surface area contributed by atoms with Crippen molar-refractivity contribution < 1.29 is 4.79 Å². The number of hydrogen-bond donors (Lipinski definition) is 1. The van der Waals surface area contributed by atoms with Gasteiger partial charge in [-0.05, 0) is 12.3 Å². The molecule has 0 spiro atoms. The lowest BCUT2D eigenvalue weighted by molar-refractivity contribution is -0.124. The Kier molecular flexibility index (Phi) is 7.48. The second kappa shape index (κ2) is 7.80. The molecule has 0 heterocycles. The third kappa shape index (κ3) is 9.52. The lowest BCUT2D eigenvalue weighted by Crippen LogP contribution is -2.35. The Bertz CT molecular complexity index is 155. The molecule has 0 aromatic heterocycles. The zero-order chi connectivity index (χ0) is 11.0. The summed E-state index contributed by atoms with van der Waals surface area (Å²) in [6.45, 7) is 4.47. The highest BCUT2D eigenvalue weighted by atomic mass is 16.2. The summed E-state index contributed by atoms with van der Waals surface area (Å²) in [6, 6.07) is 0. The molecule has 14 heavy (non-hydrogen) atoms. The summed E-state index contributed by atoms with van der Waals surface area (Å²) >= 11 is 0. The molecule has 0 aromatic rings. The van der Waals surface area contributed by atoms with E-state index in [0.29, 0.717) is 6.42 Å². The normalized spacial score (nSPS) is 11.0. The van der Waals surface area contributed by atoms with Gasteiger partial charge in [-0.15, -0.1) is 0 Å². The minimum atomic E-state index is 0.125. The van der Waals surface area contributed by atoms with Crippen LogP contribution in [-0.2, 0) is 4.79 Å². The largest absolute Gasteiger partial charge is 0.289 e. The maximum Gasteiger partial charge on any atom is 0.234 e. The molecule has 0 rings (SSSR count). The van der Waals surface area contributed by atoms with E-state index in [1.807, 2.05) is 14.1 Å². The van der Waals surface area contributed by atoms with Crippen LogP contribution >= 0.6 is 0 Å². The summed E-state index contributed by atoms with van der Waals surface area (Å²) in [7, 11) is 3.66. The highest BCUT2D eigenvalue weighted by molar-refractivity contribution is 5.75. The molecule has 0 atom stereocenters. The molecule has 0 bridgehead atoms. The number of carbonyl (C=O) groups excluding carboxylic acids is 1. The van der Waals surface area contributed by atoms with Crippen molar-refractivity contribution in [1.29, 1.82) is 0 Å². The van der Waals surface area contributed by atoms with E-state index in [1.165, 1.54) is 19.3 Å². The second-order valence-corrected chi connectivity index (χ2v) is 4.42. The third-order valence-electron chi connectivity index (χ3n) is 2.03. The first-order valence-electron chi connectivity index (χ1n) is 5.49. The number of nitrogens with one attached hydrogen (secondary N) is 1. The summed E-state index contributed by atoms with van der Waals surface area (Å²) in [5.74, 6) is 0.908. The Hall–Kier alpha value is -0.570. The minimum absolute atomic E-state index is 0.125. The molecule has 3 nitrogen and oxygen atoms in total. The van der Waals surface area contributed by atoms with Gasteiger partial charge >= 0.3 is 0 Å². The highest BCUT2D eigenvalue weighted by Gasteiger charge is 2.01. The van der Waals surface area contributed by atoms with Crippen LogP contribution in [0.5, 0.6) is 0 Å². The van der Waals surface area contributed by atoms with Gasteiger partial charge in [0, 0.05) is 20.5 Å². The van der Waals surface area contributed by atoms with Crippen LogP contribution in [-0.4, -0.2) is 25.0 Å². The molecule has 0 aromatic carbocycles. The number of unbranched alkanes of at least 4 members (excludes halogenated alkanes) is 2. The number of carbonyl (C=O) groups is 1. The molecule has 0 aliphatic heterocycles. The predicted octanol–water partition coefficient (Wildman–Crippen LogP) is 2.19. The van der Waals surface area contributed by atoms with Crippen LogP contribution in [0.25, 0.3) is 0 Å². The van der Waals surface area contributed by atoms with Crippen LogP contribution in [0, 0.1) is 5.92 Å². The fourth-order valence-electron chi connectivity index (χ4n) is 1.32. The van der Waals surface area contributed by atoms with E-state index in [1.54, 1.807) is 5.01 Å². The number of rotatable bonds is 7. The Balaban J connectivity index is 3.23. The van der Waals surface area contributed by atoms with Gasteiger partial charge in [-0.3, -0.25) is 10.2 Å². The Morgan fingerprint density at radius 2 is 1.86 bits per heavy atom. The molecule has 0 saturated heterocycles. The van der Waals surface area contributed by atoms with Gasteiger partial charge in [0.05, 0.1) is 0 Å². The quantitative estimate of drug-likeness (QED) is 0.504. The van der Waals surface area contributed by atoms with E-state index in [4.69, 9.17) is 0 Å². The zero-order valence-electron chi connectivity index (χ0n) is 9.97. The summed E-state index contributed by atoms with van der Waals surface area (Å²) in [5.41, 5.74) is 2.74. The lowest BCUT2D eigenvalue weighted by atomic mass is 10.0. The second-order valence-electron chi connectivity index (χ2n) is 4.42. The van der Waals surface area contributed by atoms with E-state index in [9.17, 15) is 4.79 Å². The maximum absolute atomic E-state index is 11.2. The van der Waals surface area contributed by atoms with Gasteiger partial charge in [0.25, 0.3) is 0 Å². The van der Waals surface area contributed by atoms with Gasteiger partial charge in [-0.2, -0.15) is 0 Å². The highest BCUT2D eigenvalue weighted by Crippen LogP contribution is 2.09. The Labute approximate surface area is 87.8 Å². The molecular formula is C11H24N2O. The first-order valence-corrected chi connectivity index (χ1v) is 5.49. The van der Waals surface area contributed by atoms with Crippen LogP contribution in [0.3, 0.4) is 0 Å². The zero-order valence-corrected chi connectivity index (χ0v) is 9.97. The lowest BCUT2D eigenvalue weighted by Gasteiger charge is -2.11. The molecular weight excluding hydrogens is 176 g/mol. The van der Waals surface area contributed by atoms with Crippen molar-refractivity contribution in [3.8, 4) is 0 Å². The topological polar surface area (TPSA) is 32.3 Å². The van der Waals surface area contributed by atoms with Gasteiger partial charge in [-0.1, -0.05) is 33.1 Å². The predicted molar refractivity (Wildman–Crippen MR) is 59.8 cm³/mol. The molecule has 1 N–H and O–H groups in total. The van der Waals surface area contributed by atoms with Gasteiger partial charge in [-0.25, -0.2) is 5.01 Å². The fourth-order valence-corrected chi connectivity index (χ4v) is 1.32. The van der Waals surface area contributed by atoms with E-state index in [2.05, 4.69) is 19.3 Å². The van der Waals surface area contributed by atoms with Crippen LogP contribution in [0.15, 0.2) is 0 Å². The van der Waals surface area contributed by atoms with Crippen molar-refractivity contribution in [2.24, 2.45) is 5.92 Å². The van der Waals surface area contributed by atoms with Crippen molar-refractivity contribution in [3.63, 3.8) is 0 Å². The summed E-state index contributed by atoms with van der Waals surface area (Å²) in [4.78, 5) is 11.2. The average Bonchev–Trinajstić information content (AvgIpc) is 2.01. The monoisotopic (exact) mass is 200 g/mol. The summed E-state index contributed by atoms with van der Waals surface area (Å²) in [6.07, 6.45) is 5.34. The molecule has 84 valence electrons. The van der Waals surface area contributed by atoms with E-state index < -0.39 is 0 Å². The first kappa shape index (κ1) is 13.4. The van der Waals surface area contributed by atoms with Crippen molar-refractivity contribution >= 4 is 5.91 Å². The number of hydrazine groups is 1. The molecule has 1 amide bonds. The average molecular weight is 200 g/mol. The Morgan fingerprint density at radius 1 is 1.21 bits per heavy atom. The Morgan fingerprint density at radius 3 is 2.36 bits per heavy atom. The smallest absolute Gasteiger partial charge is 0.234 e. The SMILES string of the molecule is CC(C)CCCCCC(=O)NN(C)C. The first-order chi connectivity index (χ1) is 6.52. The van der Waals surface area contributed by atoms with E-state index in [-0.39, 0.29) is 5.91 Å². The van der Waals surface area contributed by atoms with Crippen molar-refractivity contribution in [2.45, 2.75) is 46.0 Å². The van der Waals surface area contributed by atoms with E-state index >= 15 is 0 Å².